The Bertz CT molecular complexity index is 1140. The van der Waals surface area contributed by atoms with Crippen molar-refractivity contribution in [3.63, 3.8) is 0 Å². The summed E-state index contributed by atoms with van der Waals surface area (Å²) in [6.45, 7) is 5.32. The van der Waals surface area contributed by atoms with Gasteiger partial charge < -0.3 is 19.5 Å². The highest BCUT2D eigenvalue weighted by Crippen LogP contribution is 2.40. The van der Waals surface area contributed by atoms with Crippen LogP contribution < -0.4 is 9.64 Å². The van der Waals surface area contributed by atoms with Crippen molar-refractivity contribution in [1.29, 1.82) is 0 Å². The van der Waals surface area contributed by atoms with Crippen LogP contribution in [0.5, 0.6) is 11.6 Å². The van der Waals surface area contributed by atoms with Crippen LogP contribution in [0.25, 0.3) is 0 Å². The molecule has 1 saturated carbocycles. The summed E-state index contributed by atoms with van der Waals surface area (Å²) in [5, 5.41) is 9.86. The van der Waals surface area contributed by atoms with Gasteiger partial charge in [0.05, 0.1) is 17.9 Å². The Kier molecular flexibility index (Phi) is 8.78. The van der Waals surface area contributed by atoms with E-state index in [1.807, 2.05) is 0 Å². The predicted molar refractivity (Wildman–Crippen MR) is 127 cm³/mol. The molecule has 1 fully saturated rings. The number of halogens is 4. The van der Waals surface area contributed by atoms with E-state index in [4.69, 9.17) is 9.47 Å². The number of aromatic nitrogens is 1. The number of nitrogens with zero attached hydrogens (tertiary/aromatic N) is 2. The zero-order valence-electron chi connectivity index (χ0n) is 21.1. The molecule has 0 radical (unpaired) electrons. The largest absolute Gasteiger partial charge is 0.478 e. The van der Waals surface area contributed by atoms with Crippen molar-refractivity contribution < 1.29 is 41.7 Å². The Balaban J connectivity index is 2.03. The number of hydrogen-bond donors (Lipinski definition) is 1. The summed E-state index contributed by atoms with van der Waals surface area (Å²) < 4.78 is 66.1. The zero-order valence-corrected chi connectivity index (χ0v) is 21.1. The number of hydrogen-bond acceptors (Lipinski definition) is 5. The second-order valence-corrected chi connectivity index (χ2v) is 9.59. The molecular weight excluding hydrogens is 496 g/mol. The average molecular weight is 527 g/mol. The van der Waals surface area contributed by atoms with Gasteiger partial charge in [0.15, 0.2) is 11.6 Å². The molecule has 1 amide bonds. The van der Waals surface area contributed by atoms with Crippen molar-refractivity contribution in [1.82, 2.24) is 4.98 Å². The van der Waals surface area contributed by atoms with Crippen LogP contribution in [0, 0.1) is 17.7 Å². The van der Waals surface area contributed by atoms with E-state index in [0.29, 0.717) is 18.8 Å². The van der Waals surface area contributed by atoms with Crippen LogP contribution in [0.4, 0.5) is 23.2 Å². The summed E-state index contributed by atoms with van der Waals surface area (Å²) in [6.07, 6.45) is -0.806. The third kappa shape index (κ3) is 6.57. The molecule has 0 spiro atoms. The van der Waals surface area contributed by atoms with E-state index in [1.54, 1.807) is 13.8 Å². The van der Waals surface area contributed by atoms with Crippen LogP contribution in [0.2, 0.25) is 0 Å². The molecule has 0 atom stereocenters. The minimum Gasteiger partial charge on any atom is -0.478 e. The zero-order chi connectivity index (χ0) is 27.5. The standard InChI is InChI=1S/C26H30F4N2O5/c1-14(2)32(24(33)17-7-5-15(3)6-8-17)21-11-20(27)22(10-18(21)25(34)35)37-23-19(26(28,29)30)9-16(12-31-23)13-36-4/h9-12,14-15,17H,5-8,13H2,1-4H3,(H,34,35)/t15-,17-. The van der Waals surface area contributed by atoms with E-state index in [0.717, 1.165) is 37.2 Å². The normalized spacial score (nSPS) is 18.1. The van der Waals surface area contributed by atoms with E-state index >= 15 is 4.39 Å². The smallest absolute Gasteiger partial charge is 0.421 e. The lowest BCUT2D eigenvalue weighted by atomic mass is 9.82. The lowest BCUT2D eigenvalue weighted by molar-refractivity contribution is -0.139. The van der Waals surface area contributed by atoms with Crippen LogP contribution in [-0.4, -0.2) is 35.1 Å². The number of rotatable bonds is 8. The predicted octanol–water partition coefficient (Wildman–Crippen LogP) is 6.44. The number of ether oxygens (including phenoxy) is 2. The van der Waals surface area contributed by atoms with Crippen molar-refractivity contribution in [2.24, 2.45) is 11.8 Å². The van der Waals surface area contributed by atoms with Crippen molar-refractivity contribution >= 4 is 17.6 Å². The molecule has 0 saturated heterocycles. The number of amides is 1. The number of methoxy groups -OCH3 is 1. The maximum Gasteiger partial charge on any atom is 0.421 e. The molecule has 3 rings (SSSR count). The fraction of sp³-hybridized carbons (Fsp3) is 0.500. The molecule has 1 heterocycles. The van der Waals surface area contributed by atoms with Crippen LogP contribution in [0.15, 0.2) is 24.4 Å². The van der Waals surface area contributed by atoms with Gasteiger partial charge in [0.1, 0.15) is 5.56 Å². The van der Waals surface area contributed by atoms with Crippen molar-refractivity contribution in [3.05, 3.63) is 46.9 Å². The van der Waals surface area contributed by atoms with Gasteiger partial charge in [-0.05, 0) is 57.1 Å². The minimum atomic E-state index is -4.88. The van der Waals surface area contributed by atoms with Crippen molar-refractivity contribution in [3.8, 4) is 11.6 Å². The van der Waals surface area contributed by atoms with Crippen LogP contribution in [0.3, 0.4) is 0 Å². The average Bonchev–Trinajstić information content (AvgIpc) is 2.81. The summed E-state index contributed by atoms with van der Waals surface area (Å²) in [7, 11) is 1.31. The number of carbonyl (C=O) groups excluding carboxylic acids is 1. The van der Waals surface area contributed by atoms with Gasteiger partial charge in [-0.15, -0.1) is 0 Å². The Morgan fingerprint density at radius 3 is 2.35 bits per heavy atom. The monoisotopic (exact) mass is 526 g/mol. The summed E-state index contributed by atoms with van der Waals surface area (Å²) in [5.74, 6) is -4.49. The number of aromatic carboxylic acids is 1. The molecule has 11 heteroatoms. The van der Waals surface area contributed by atoms with Gasteiger partial charge in [-0.2, -0.15) is 13.2 Å². The molecule has 0 aliphatic heterocycles. The third-order valence-electron chi connectivity index (χ3n) is 6.39. The van der Waals surface area contributed by atoms with Gasteiger partial charge in [-0.25, -0.2) is 14.2 Å². The molecule has 1 aliphatic rings. The number of pyridine rings is 1. The molecule has 1 N–H and O–H groups in total. The van der Waals surface area contributed by atoms with Crippen LogP contribution in [-0.2, 0) is 22.3 Å². The van der Waals surface area contributed by atoms with Crippen LogP contribution in [0.1, 0.15) is 67.9 Å². The molecule has 37 heavy (non-hydrogen) atoms. The summed E-state index contributed by atoms with van der Waals surface area (Å²) in [6, 6.07) is 1.86. The lowest BCUT2D eigenvalue weighted by Gasteiger charge is -2.34. The second kappa shape index (κ2) is 11.5. The molecule has 202 valence electrons. The SMILES string of the molecule is COCc1cnc(Oc2cc(C(=O)O)c(N(C(=O)[C@H]3CC[C@H](C)CC3)C(C)C)cc2F)c(C(F)(F)F)c1. The van der Waals surface area contributed by atoms with Gasteiger partial charge in [-0.1, -0.05) is 6.92 Å². The molecule has 0 unspecified atom stereocenters. The summed E-state index contributed by atoms with van der Waals surface area (Å²) >= 11 is 0. The van der Waals surface area contributed by atoms with Gasteiger partial charge in [0.2, 0.25) is 11.8 Å². The van der Waals surface area contributed by atoms with E-state index in [-0.39, 0.29) is 29.7 Å². The molecule has 1 aliphatic carbocycles. The molecule has 2 aromatic rings. The summed E-state index contributed by atoms with van der Waals surface area (Å²) in [5.41, 5.74) is -1.82. The highest BCUT2D eigenvalue weighted by atomic mass is 19.4. The van der Waals surface area contributed by atoms with Gasteiger partial charge >= 0.3 is 12.1 Å². The van der Waals surface area contributed by atoms with E-state index < -0.39 is 46.8 Å². The van der Waals surface area contributed by atoms with Crippen molar-refractivity contribution in [2.75, 3.05) is 12.0 Å². The van der Waals surface area contributed by atoms with Gasteiger partial charge in [-0.3, -0.25) is 4.79 Å². The van der Waals surface area contributed by atoms with Gasteiger partial charge in [0.25, 0.3) is 0 Å². The Morgan fingerprint density at radius 2 is 1.81 bits per heavy atom. The number of carbonyl (C=O) groups is 2. The fourth-order valence-corrected chi connectivity index (χ4v) is 4.48. The number of benzene rings is 1. The molecule has 7 nitrogen and oxygen atoms in total. The first-order valence-electron chi connectivity index (χ1n) is 12.0. The maximum absolute atomic E-state index is 15.2. The Hall–Kier alpha value is -3.21. The highest BCUT2D eigenvalue weighted by molar-refractivity contribution is 6.03. The topological polar surface area (TPSA) is 89.0 Å². The van der Waals surface area contributed by atoms with Gasteiger partial charge in [0, 0.05) is 37.4 Å². The highest BCUT2D eigenvalue weighted by Gasteiger charge is 2.37. The van der Waals surface area contributed by atoms with E-state index in [9.17, 15) is 27.9 Å². The first-order chi connectivity index (χ1) is 17.3. The number of carboxylic acid groups (broad SMARTS) is 1. The number of alkyl halides is 3. The quantitative estimate of drug-likeness (QED) is 0.398. The number of carboxylic acids is 1. The minimum absolute atomic E-state index is 0.118. The molecule has 1 aromatic carbocycles. The molecular formula is C26H30F4N2O5. The maximum atomic E-state index is 15.2. The van der Waals surface area contributed by atoms with E-state index in [1.165, 1.54) is 12.0 Å². The summed E-state index contributed by atoms with van der Waals surface area (Å²) in [4.78, 5) is 30.4. The van der Waals surface area contributed by atoms with E-state index in [2.05, 4.69) is 11.9 Å². The molecule has 0 bridgehead atoms. The first kappa shape index (κ1) is 28.4. The number of anilines is 1. The lowest BCUT2D eigenvalue weighted by Crippen LogP contribution is -2.43. The molecule has 1 aromatic heterocycles. The first-order valence-corrected chi connectivity index (χ1v) is 12.0. The Labute approximate surface area is 212 Å². The van der Waals surface area contributed by atoms with Crippen LogP contribution >= 0.6 is 0 Å². The van der Waals surface area contributed by atoms with Crippen molar-refractivity contribution in [2.45, 2.75) is 65.3 Å². The Morgan fingerprint density at radius 1 is 1.16 bits per heavy atom. The fourth-order valence-electron chi connectivity index (χ4n) is 4.48. The second-order valence-electron chi connectivity index (χ2n) is 9.59. The third-order valence-corrected chi connectivity index (χ3v) is 6.39.